The summed E-state index contributed by atoms with van der Waals surface area (Å²) in [5.41, 5.74) is 11.9. The molecule has 2 aromatic rings. The molecule has 2 N–H and O–H groups in total. The van der Waals surface area contributed by atoms with Crippen molar-refractivity contribution in [2.75, 3.05) is 19.3 Å². The van der Waals surface area contributed by atoms with Gasteiger partial charge in [-0.05, 0) is 86.2 Å². The standard InChI is InChI=1S/C25H33ClN2OS/c1-28(30(29)17-19-8-9-19)14-4-5-18-10-11-20-12-13-25(27)23(22(20)15-18)16-21-6-2-3-7-24(21)26/h2-3,6-7,10-11,15,19,23,25H,4-5,8-9,12-14,16-17,27H2,1H3. The van der Waals surface area contributed by atoms with Crippen molar-refractivity contribution in [2.24, 2.45) is 11.7 Å². The Morgan fingerprint density at radius 2 is 1.97 bits per heavy atom. The predicted molar refractivity (Wildman–Crippen MR) is 127 cm³/mol. The molecule has 0 heterocycles. The molecule has 3 nitrogen and oxygen atoms in total. The molecular weight excluding hydrogens is 412 g/mol. The first-order valence-electron chi connectivity index (χ1n) is 11.2. The average Bonchev–Trinajstić information content (AvgIpc) is 3.55. The van der Waals surface area contributed by atoms with Gasteiger partial charge in [0.25, 0.3) is 0 Å². The van der Waals surface area contributed by atoms with Crippen LogP contribution < -0.4 is 5.73 Å². The summed E-state index contributed by atoms with van der Waals surface area (Å²) in [5.74, 6) is 1.85. The highest BCUT2D eigenvalue weighted by atomic mass is 35.5. The van der Waals surface area contributed by atoms with Crippen molar-refractivity contribution in [3.63, 3.8) is 0 Å². The Bertz CT molecular complexity index is 898. The van der Waals surface area contributed by atoms with Crippen LogP contribution in [-0.2, 0) is 30.2 Å². The number of fused-ring (bicyclic) bond motifs is 1. The minimum atomic E-state index is -0.823. The van der Waals surface area contributed by atoms with Crippen molar-refractivity contribution in [1.29, 1.82) is 0 Å². The predicted octanol–water partition coefficient (Wildman–Crippen LogP) is 4.88. The third kappa shape index (κ3) is 5.53. The van der Waals surface area contributed by atoms with Crippen LogP contribution in [0.5, 0.6) is 0 Å². The van der Waals surface area contributed by atoms with E-state index in [1.807, 2.05) is 23.5 Å². The highest BCUT2D eigenvalue weighted by Crippen LogP contribution is 2.36. The van der Waals surface area contributed by atoms with Gasteiger partial charge in [-0.25, -0.2) is 8.51 Å². The van der Waals surface area contributed by atoms with Gasteiger partial charge in [0.1, 0.15) is 0 Å². The van der Waals surface area contributed by atoms with Crippen LogP contribution in [0.3, 0.4) is 0 Å². The lowest BCUT2D eigenvalue weighted by molar-refractivity contribution is 0.466. The molecule has 4 rings (SSSR count). The lowest BCUT2D eigenvalue weighted by atomic mass is 9.76. The average molecular weight is 445 g/mol. The molecule has 1 saturated carbocycles. The minimum absolute atomic E-state index is 0.167. The largest absolute Gasteiger partial charge is 0.327 e. The van der Waals surface area contributed by atoms with Gasteiger partial charge in [-0.1, -0.05) is 48.0 Å². The first kappa shape index (κ1) is 22.0. The number of benzene rings is 2. The molecule has 1 fully saturated rings. The fourth-order valence-corrected chi connectivity index (χ4v) is 6.05. The molecular formula is C25H33ClN2OS. The lowest BCUT2D eigenvalue weighted by Crippen LogP contribution is -2.34. The third-order valence-corrected chi connectivity index (χ3v) is 8.64. The van der Waals surface area contributed by atoms with Gasteiger partial charge in [-0.2, -0.15) is 0 Å². The van der Waals surface area contributed by atoms with E-state index >= 15 is 0 Å². The lowest BCUT2D eigenvalue weighted by Gasteiger charge is -2.32. The molecule has 2 aromatic carbocycles. The van der Waals surface area contributed by atoms with E-state index in [1.165, 1.54) is 35.1 Å². The minimum Gasteiger partial charge on any atom is -0.327 e. The maximum absolute atomic E-state index is 12.3. The molecule has 0 aromatic heterocycles. The summed E-state index contributed by atoms with van der Waals surface area (Å²) in [7, 11) is 1.17. The molecule has 2 aliphatic carbocycles. The van der Waals surface area contributed by atoms with Gasteiger partial charge in [-0.3, -0.25) is 0 Å². The van der Waals surface area contributed by atoms with Gasteiger partial charge >= 0.3 is 0 Å². The molecule has 0 bridgehead atoms. The summed E-state index contributed by atoms with van der Waals surface area (Å²) in [5, 5.41) is 0.829. The molecule has 162 valence electrons. The zero-order chi connectivity index (χ0) is 21.1. The molecule has 0 amide bonds. The Hall–Kier alpha value is -1.20. The van der Waals surface area contributed by atoms with Gasteiger partial charge in [0, 0.05) is 29.3 Å². The number of halogens is 1. The van der Waals surface area contributed by atoms with Gasteiger partial charge in [0.2, 0.25) is 0 Å². The molecule has 0 saturated heterocycles. The highest BCUT2D eigenvalue weighted by molar-refractivity contribution is 7.82. The number of nitrogens with two attached hydrogens (primary N) is 1. The third-order valence-electron chi connectivity index (χ3n) is 6.63. The van der Waals surface area contributed by atoms with Crippen molar-refractivity contribution in [3.8, 4) is 0 Å². The van der Waals surface area contributed by atoms with E-state index < -0.39 is 11.0 Å². The summed E-state index contributed by atoms with van der Waals surface area (Å²) in [4.78, 5) is 0. The van der Waals surface area contributed by atoms with Gasteiger partial charge in [0.15, 0.2) is 0 Å². The zero-order valence-corrected chi connectivity index (χ0v) is 19.4. The van der Waals surface area contributed by atoms with Crippen molar-refractivity contribution in [2.45, 2.75) is 56.9 Å². The fourth-order valence-electron chi connectivity index (χ4n) is 4.51. The van der Waals surface area contributed by atoms with Crippen LogP contribution in [0.15, 0.2) is 42.5 Å². The summed E-state index contributed by atoms with van der Waals surface area (Å²) in [6.45, 7) is 0.874. The first-order valence-corrected chi connectivity index (χ1v) is 12.9. The van der Waals surface area contributed by atoms with E-state index in [2.05, 4.69) is 30.3 Å². The Labute approximate surface area is 188 Å². The normalized spacial score (nSPS) is 22.1. The summed E-state index contributed by atoms with van der Waals surface area (Å²) in [6, 6.07) is 15.2. The Morgan fingerprint density at radius 1 is 1.17 bits per heavy atom. The number of nitrogens with zero attached hydrogens (tertiary/aromatic N) is 1. The maximum atomic E-state index is 12.3. The molecule has 0 aliphatic heterocycles. The van der Waals surface area contributed by atoms with E-state index in [0.717, 1.165) is 49.4 Å². The molecule has 0 spiro atoms. The van der Waals surface area contributed by atoms with Crippen LogP contribution in [0.2, 0.25) is 5.02 Å². The summed E-state index contributed by atoms with van der Waals surface area (Å²) in [6.07, 6.45) is 7.51. The molecule has 0 radical (unpaired) electrons. The van der Waals surface area contributed by atoms with Gasteiger partial charge in [0.05, 0.1) is 11.0 Å². The quantitative estimate of drug-likeness (QED) is 0.599. The van der Waals surface area contributed by atoms with E-state index in [1.54, 1.807) is 0 Å². The second-order valence-electron chi connectivity index (χ2n) is 9.02. The van der Waals surface area contributed by atoms with E-state index in [-0.39, 0.29) is 6.04 Å². The Kier molecular flexibility index (Phi) is 7.30. The van der Waals surface area contributed by atoms with Crippen molar-refractivity contribution in [3.05, 3.63) is 69.7 Å². The van der Waals surface area contributed by atoms with Crippen LogP contribution in [-0.4, -0.2) is 33.9 Å². The number of rotatable bonds is 9. The van der Waals surface area contributed by atoms with E-state index in [0.29, 0.717) is 11.8 Å². The molecule has 3 unspecified atom stereocenters. The van der Waals surface area contributed by atoms with Crippen LogP contribution in [0.1, 0.15) is 53.9 Å². The second-order valence-corrected chi connectivity index (χ2v) is 11.0. The second kappa shape index (κ2) is 9.95. The Balaban J connectivity index is 1.41. The van der Waals surface area contributed by atoms with Crippen molar-refractivity contribution >= 4 is 22.6 Å². The number of hydrogen-bond donors (Lipinski definition) is 1. The van der Waals surface area contributed by atoms with Crippen molar-refractivity contribution in [1.82, 2.24) is 4.31 Å². The van der Waals surface area contributed by atoms with E-state index in [4.69, 9.17) is 17.3 Å². The monoisotopic (exact) mass is 444 g/mol. The number of hydrogen-bond acceptors (Lipinski definition) is 2. The first-order chi connectivity index (χ1) is 14.5. The molecule has 30 heavy (non-hydrogen) atoms. The zero-order valence-electron chi connectivity index (χ0n) is 17.9. The van der Waals surface area contributed by atoms with Gasteiger partial charge in [-0.15, -0.1) is 0 Å². The fraction of sp³-hybridized carbons (Fsp3) is 0.520. The molecule has 3 atom stereocenters. The maximum Gasteiger partial charge on any atom is 0.0942 e. The summed E-state index contributed by atoms with van der Waals surface area (Å²) < 4.78 is 14.3. The van der Waals surface area contributed by atoms with Crippen LogP contribution in [0, 0.1) is 5.92 Å². The Morgan fingerprint density at radius 3 is 2.73 bits per heavy atom. The topological polar surface area (TPSA) is 46.3 Å². The molecule has 5 heteroatoms. The number of aryl methyl sites for hydroxylation is 2. The van der Waals surface area contributed by atoms with Crippen molar-refractivity contribution < 1.29 is 4.21 Å². The smallest absolute Gasteiger partial charge is 0.0942 e. The van der Waals surface area contributed by atoms with Crippen LogP contribution in [0.4, 0.5) is 0 Å². The van der Waals surface area contributed by atoms with E-state index in [9.17, 15) is 4.21 Å². The van der Waals surface area contributed by atoms with Crippen LogP contribution >= 0.6 is 11.6 Å². The SMILES string of the molecule is CN(CCCc1ccc2c(c1)C(Cc1ccccc1Cl)C(N)CC2)S(=O)CC1CC1. The van der Waals surface area contributed by atoms with Crippen LogP contribution in [0.25, 0.3) is 0 Å². The highest BCUT2D eigenvalue weighted by Gasteiger charge is 2.28. The summed E-state index contributed by atoms with van der Waals surface area (Å²) >= 11 is 6.44. The van der Waals surface area contributed by atoms with Gasteiger partial charge < -0.3 is 5.73 Å². The molecule has 2 aliphatic rings.